The summed E-state index contributed by atoms with van der Waals surface area (Å²) in [6, 6.07) is 6.58. The molecule has 0 aromatic heterocycles. The molecule has 0 fully saturated rings. The Morgan fingerprint density at radius 2 is 2.12 bits per heavy atom. The number of para-hydroxylation sites is 1. The molecular formula is C14H22N2O. The molecule has 0 unspecified atom stereocenters. The van der Waals surface area contributed by atoms with Crippen LogP contribution < -0.4 is 10.2 Å². The van der Waals surface area contributed by atoms with Gasteiger partial charge in [0.15, 0.2) is 0 Å². The molecule has 0 saturated heterocycles. The van der Waals surface area contributed by atoms with Crippen LogP contribution in [0.2, 0.25) is 0 Å². The molecule has 0 radical (unpaired) electrons. The Bertz CT molecular complexity index is 413. The van der Waals surface area contributed by atoms with E-state index in [-0.39, 0.29) is 12.1 Å². The van der Waals surface area contributed by atoms with Crippen LogP contribution in [0, 0.1) is 0 Å². The van der Waals surface area contributed by atoms with E-state index >= 15 is 0 Å². The quantitative estimate of drug-likeness (QED) is 0.825. The van der Waals surface area contributed by atoms with Crippen LogP contribution in [-0.2, 0) is 6.61 Å². The van der Waals surface area contributed by atoms with Gasteiger partial charge < -0.3 is 15.3 Å². The van der Waals surface area contributed by atoms with Gasteiger partial charge in [-0.25, -0.2) is 0 Å². The first-order chi connectivity index (χ1) is 7.94. The molecular weight excluding hydrogens is 212 g/mol. The second-order valence-corrected chi connectivity index (χ2v) is 5.70. The summed E-state index contributed by atoms with van der Waals surface area (Å²) in [6.45, 7) is 9.86. The molecule has 94 valence electrons. The molecule has 0 saturated carbocycles. The molecule has 0 spiro atoms. The third-order valence-corrected chi connectivity index (χ3v) is 3.26. The number of fused-ring (bicyclic) bond motifs is 1. The maximum atomic E-state index is 9.43. The summed E-state index contributed by atoms with van der Waals surface area (Å²) < 4.78 is 0. The average molecular weight is 234 g/mol. The maximum Gasteiger partial charge on any atom is 0.0702 e. The van der Waals surface area contributed by atoms with Crippen LogP contribution in [0.5, 0.6) is 0 Å². The predicted molar refractivity (Wildman–Crippen MR) is 72.5 cm³/mol. The molecule has 0 aliphatic carbocycles. The molecule has 1 heterocycles. The van der Waals surface area contributed by atoms with Crippen molar-refractivity contribution in [3.63, 3.8) is 0 Å². The van der Waals surface area contributed by atoms with E-state index in [9.17, 15) is 5.11 Å². The van der Waals surface area contributed by atoms with Crippen molar-refractivity contribution in [1.82, 2.24) is 0 Å². The number of rotatable bonds is 2. The van der Waals surface area contributed by atoms with Crippen LogP contribution in [0.25, 0.3) is 0 Å². The number of nitrogens with one attached hydrogen (secondary N) is 1. The minimum absolute atomic E-state index is 0.0303. The zero-order chi connectivity index (χ0) is 12.6. The number of anilines is 2. The van der Waals surface area contributed by atoms with Crippen LogP contribution in [0.4, 0.5) is 11.4 Å². The third kappa shape index (κ3) is 2.25. The summed E-state index contributed by atoms with van der Waals surface area (Å²) >= 11 is 0. The Kier molecular flexibility index (Phi) is 3.04. The molecule has 2 rings (SSSR count). The minimum Gasteiger partial charge on any atom is -0.392 e. The molecule has 3 nitrogen and oxygen atoms in total. The second-order valence-electron chi connectivity index (χ2n) is 5.70. The first kappa shape index (κ1) is 12.2. The fourth-order valence-electron chi connectivity index (χ4n) is 2.45. The molecule has 1 aromatic carbocycles. The molecule has 3 heteroatoms. The van der Waals surface area contributed by atoms with Crippen molar-refractivity contribution in [3.05, 3.63) is 23.8 Å². The van der Waals surface area contributed by atoms with Crippen LogP contribution >= 0.6 is 0 Å². The van der Waals surface area contributed by atoms with E-state index in [0.29, 0.717) is 6.04 Å². The lowest BCUT2D eigenvalue weighted by molar-refractivity contribution is 0.282. The summed E-state index contributed by atoms with van der Waals surface area (Å²) in [6.07, 6.45) is 0. The Balaban J connectivity index is 2.52. The largest absolute Gasteiger partial charge is 0.392 e. The van der Waals surface area contributed by atoms with E-state index in [0.717, 1.165) is 17.8 Å². The van der Waals surface area contributed by atoms with Crippen LogP contribution in [0.3, 0.4) is 0 Å². The van der Waals surface area contributed by atoms with Crippen molar-refractivity contribution >= 4 is 11.4 Å². The van der Waals surface area contributed by atoms with Gasteiger partial charge >= 0.3 is 0 Å². The fraction of sp³-hybridized carbons (Fsp3) is 0.571. The van der Waals surface area contributed by atoms with Crippen LogP contribution in [0.1, 0.15) is 33.3 Å². The Hall–Kier alpha value is -1.22. The number of aliphatic hydroxyl groups is 1. The lowest BCUT2D eigenvalue weighted by Gasteiger charge is -2.44. The highest BCUT2D eigenvalue weighted by molar-refractivity contribution is 5.77. The van der Waals surface area contributed by atoms with Gasteiger partial charge in [0.2, 0.25) is 0 Å². The SMILES string of the molecule is CC(C)N1CC(C)(C)Nc2c(CO)cccc21. The molecule has 1 aliphatic rings. The lowest BCUT2D eigenvalue weighted by Crippen LogP contribution is -2.51. The number of hydrogen-bond donors (Lipinski definition) is 2. The van der Waals surface area contributed by atoms with E-state index in [1.54, 1.807) is 0 Å². The van der Waals surface area contributed by atoms with Gasteiger partial charge in [0.25, 0.3) is 0 Å². The van der Waals surface area contributed by atoms with Gasteiger partial charge in [-0.2, -0.15) is 0 Å². The first-order valence-electron chi connectivity index (χ1n) is 6.22. The zero-order valence-electron chi connectivity index (χ0n) is 11.1. The van der Waals surface area contributed by atoms with E-state index in [2.05, 4.69) is 44.0 Å². The molecule has 0 bridgehead atoms. The van der Waals surface area contributed by atoms with Gasteiger partial charge in [0.05, 0.1) is 18.0 Å². The number of aliphatic hydroxyl groups excluding tert-OH is 1. The van der Waals surface area contributed by atoms with Crippen molar-refractivity contribution in [1.29, 1.82) is 0 Å². The van der Waals surface area contributed by atoms with Crippen LogP contribution in [0.15, 0.2) is 18.2 Å². The molecule has 0 amide bonds. The van der Waals surface area contributed by atoms with Gasteiger partial charge in [-0.05, 0) is 33.8 Å². The van der Waals surface area contributed by atoms with Gasteiger partial charge in [-0.1, -0.05) is 12.1 Å². The highest BCUT2D eigenvalue weighted by Crippen LogP contribution is 2.38. The third-order valence-electron chi connectivity index (χ3n) is 3.26. The van der Waals surface area contributed by atoms with Crippen LogP contribution in [-0.4, -0.2) is 23.2 Å². The number of hydrogen-bond acceptors (Lipinski definition) is 3. The minimum atomic E-state index is 0.0303. The van der Waals surface area contributed by atoms with E-state index < -0.39 is 0 Å². The zero-order valence-corrected chi connectivity index (χ0v) is 11.1. The maximum absolute atomic E-state index is 9.43. The van der Waals surface area contributed by atoms with Crippen molar-refractivity contribution in [2.24, 2.45) is 0 Å². The molecule has 17 heavy (non-hydrogen) atoms. The van der Waals surface area contributed by atoms with Crippen molar-refractivity contribution in [2.45, 2.75) is 45.9 Å². The van der Waals surface area contributed by atoms with Gasteiger partial charge in [-0.15, -0.1) is 0 Å². The van der Waals surface area contributed by atoms with Crippen molar-refractivity contribution in [2.75, 3.05) is 16.8 Å². The van der Waals surface area contributed by atoms with E-state index in [4.69, 9.17) is 0 Å². The van der Waals surface area contributed by atoms with Crippen molar-refractivity contribution < 1.29 is 5.11 Å². The molecule has 1 aromatic rings. The summed E-state index contributed by atoms with van der Waals surface area (Å²) in [5.41, 5.74) is 3.29. The summed E-state index contributed by atoms with van der Waals surface area (Å²) in [5.74, 6) is 0. The normalized spacial score (nSPS) is 17.9. The summed E-state index contributed by atoms with van der Waals surface area (Å²) in [7, 11) is 0. The highest BCUT2D eigenvalue weighted by atomic mass is 16.3. The predicted octanol–water partition coefficient (Wildman–Crippen LogP) is 2.60. The Morgan fingerprint density at radius 3 is 2.71 bits per heavy atom. The fourth-order valence-corrected chi connectivity index (χ4v) is 2.45. The Labute approximate surface area is 103 Å². The first-order valence-corrected chi connectivity index (χ1v) is 6.22. The lowest BCUT2D eigenvalue weighted by atomic mass is 9.96. The summed E-state index contributed by atoms with van der Waals surface area (Å²) in [5, 5.41) is 13.0. The monoisotopic (exact) mass is 234 g/mol. The van der Waals surface area contributed by atoms with Crippen molar-refractivity contribution in [3.8, 4) is 0 Å². The van der Waals surface area contributed by atoms with E-state index in [1.807, 2.05) is 12.1 Å². The number of nitrogens with zero attached hydrogens (tertiary/aromatic N) is 1. The standard InChI is InChI=1S/C14H22N2O/c1-10(2)16-9-14(3,4)15-13-11(8-17)6-5-7-12(13)16/h5-7,10,15,17H,8-9H2,1-4H3. The number of benzene rings is 1. The summed E-state index contributed by atoms with van der Waals surface area (Å²) in [4.78, 5) is 2.39. The average Bonchev–Trinajstić information content (AvgIpc) is 2.26. The van der Waals surface area contributed by atoms with Gasteiger partial charge in [0, 0.05) is 23.7 Å². The Morgan fingerprint density at radius 1 is 1.41 bits per heavy atom. The molecule has 1 aliphatic heterocycles. The molecule has 0 atom stereocenters. The highest BCUT2D eigenvalue weighted by Gasteiger charge is 2.31. The topological polar surface area (TPSA) is 35.5 Å². The van der Waals surface area contributed by atoms with Gasteiger partial charge in [0.1, 0.15) is 0 Å². The van der Waals surface area contributed by atoms with Gasteiger partial charge in [-0.3, -0.25) is 0 Å². The smallest absolute Gasteiger partial charge is 0.0702 e. The molecule has 2 N–H and O–H groups in total. The van der Waals surface area contributed by atoms with E-state index in [1.165, 1.54) is 5.69 Å². The second kappa shape index (κ2) is 4.22.